The molecule has 2 aromatic rings. The lowest BCUT2D eigenvalue weighted by Gasteiger charge is -2.24. The number of nitrogen functional groups attached to an aromatic ring is 1. The number of anilines is 1. The molecule has 1 aromatic carbocycles. The van der Waals surface area contributed by atoms with Crippen molar-refractivity contribution in [1.82, 2.24) is 15.0 Å². The Morgan fingerprint density at radius 2 is 2.06 bits per heavy atom. The Labute approximate surface area is 105 Å². The van der Waals surface area contributed by atoms with Crippen LogP contribution in [0.3, 0.4) is 0 Å². The van der Waals surface area contributed by atoms with E-state index in [0.29, 0.717) is 12.4 Å². The summed E-state index contributed by atoms with van der Waals surface area (Å²) in [4.78, 5) is 12.5. The van der Waals surface area contributed by atoms with Gasteiger partial charge in [-0.3, -0.25) is 0 Å². The number of hydrogen-bond acceptors (Lipinski definition) is 5. The molecule has 1 aliphatic heterocycles. The Balaban J connectivity index is 1.91. The van der Waals surface area contributed by atoms with Gasteiger partial charge < -0.3 is 10.5 Å². The molecule has 5 nitrogen and oxygen atoms in total. The minimum Gasteiger partial charge on any atom is -0.493 e. The number of para-hydroxylation sites is 1. The summed E-state index contributed by atoms with van der Waals surface area (Å²) in [6.07, 6.45) is 0.874. The number of ether oxygens (including phenoxy) is 1. The summed E-state index contributed by atoms with van der Waals surface area (Å²) in [7, 11) is 0. The van der Waals surface area contributed by atoms with Crippen molar-refractivity contribution in [3.63, 3.8) is 0 Å². The van der Waals surface area contributed by atoms with Crippen molar-refractivity contribution in [3.05, 3.63) is 41.5 Å². The molecule has 0 aliphatic carbocycles. The molecule has 92 valence electrons. The van der Waals surface area contributed by atoms with Gasteiger partial charge in [-0.1, -0.05) is 18.2 Å². The number of aromatic nitrogens is 3. The SMILES string of the molecule is Cc1nc(N)nc(C2COc3ccccc3C2)n1. The van der Waals surface area contributed by atoms with E-state index in [1.54, 1.807) is 0 Å². The second kappa shape index (κ2) is 4.25. The van der Waals surface area contributed by atoms with Gasteiger partial charge in [0.15, 0.2) is 0 Å². The predicted molar refractivity (Wildman–Crippen MR) is 67.4 cm³/mol. The van der Waals surface area contributed by atoms with E-state index in [9.17, 15) is 0 Å². The highest BCUT2D eigenvalue weighted by atomic mass is 16.5. The van der Waals surface area contributed by atoms with Crippen LogP contribution < -0.4 is 10.5 Å². The molecule has 18 heavy (non-hydrogen) atoms. The lowest BCUT2D eigenvalue weighted by atomic mass is 9.96. The Bertz CT molecular complexity index is 565. The minimum atomic E-state index is 0.142. The van der Waals surface area contributed by atoms with Crippen molar-refractivity contribution in [1.29, 1.82) is 0 Å². The van der Waals surface area contributed by atoms with E-state index in [4.69, 9.17) is 10.5 Å². The van der Waals surface area contributed by atoms with Crippen LogP contribution in [0.15, 0.2) is 24.3 Å². The molecule has 2 heterocycles. The number of nitrogens with two attached hydrogens (primary N) is 1. The topological polar surface area (TPSA) is 73.9 Å². The highest BCUT2D eigenvalue weighted by molar-refractivity contribution is 5.36. The van der Waals surface area contributed by atoms with E-state index in [1.807, 2.05) is 25.1 Å². The Hall–Kier alpha value is -2.17. The summed E-state index contributed by atoms with van der Waals surface area (Å²) in [5, 5.41) is 0. The van der Waals surface area contributed by atoms with Gasteiger partial charge in [-0.05, 0) is 25.0 Å². The lowest BCUT2D eigenvalue weighted by molar-refractivity contribution is 0.257. The average Bonchev–Trinajstić information content (AvgIpc) is 2.37. The first-order chi connectivity index (χ1) is 8.72. The molecule has 0 fully saturated rings. The van der Waals surface area contributed by atoms with E-state index >= 15 is 0 Å². The number of aryl methyl sites for hydroxylation is 1. The van der Waals surface area contributed by atoms with Gasteiger partial charge in [0.2, 0.25) is 5.95 Å². The molecular formula is C13H14N4O. The van der Waals surface area contributed by atoms with Crippen LogP contribution in [0.25, 0.3) is 0 Å². The summed E-state index contributed by atoms with van der Waals surface area (Å²) in [6.45, 7) is 2.40. The van der Waals surface area contributed by atoms with E-state index in [2.05, 4.69) is 21.0 Å². The maximum atomic E-state index is 5.73. The first-order valence-electron chi connectivity index (χ1n) is 5.91. The van der Waals surface area contributed by atoms with Crippen LogP contribution >= 0.6 is 0 Å². The molecule has 0 radical (unpaired) electrons. The van der Waals surface area contributed by atoms with Crippen molar-refractivity contribution in [2.24, 2.45) is 0 Å². The fourth-order valence-electron chi connectivity index (χ4n) is 2.20. The highest BCUT2D eigenvalue weighted by Gasteiger charge is 2.23. The maximum absolute atomic E-state index is 5.73. The summed E-state index contributed by atoms with van der Waals surface area (Å²) in [5.74, 6) is 2.73. The fraction of sp³-hybridized carbons (Fsp3) is 0.308. The van der Waals surface area contributed by atoms with Gasteiger partial charge in [-0.2, -0.15) is 9.97 Å². The standard InChI is InChI=1S/C13H14N4O/c1-8-15-12(17-13(14)16-8)10-6-9-4-2-3-5-11(9)18-7-10/h2-5,10H,6-7H2,1H3,(H2,14,15,16,17). The van der Waals surface area contributed by atoms with E-state index in [1.165, 1.54) is 5.56 Å². The fourth-order valence-corrected chi connectivity index (χ4v) is 2.20. The third-order valence-corrected chi connectivity index (χ3v) is 3.03. The second-order valence-corrected chi connectivity index (χ2v) is 4.42. The highest BCUT2D eigenvalue weighted by Crippen LogP contribution is 2.30. The zero-order chi connectivity index (χ0) is 12.5. The number of fused-ring (bicyclic) bond motifs is 1. The molecule has 0 saturated heterocycles. The molecule has 0 bridgehead atoms. The molecule has 1 aromatic heterocycles. The van der Waals surface area contributed by atoms with Gasteiger partial charge in [-0.15, -0.1) is 0 Å². The molecule has 0 amide bonds. The first kappa shape index (κ1) is 11.0. The van der Waals surface area contributed by atoms with Crippen molar-refractivity contribution >= 4 is 5.95 Å². The third kappa shape index (κ3) is 1.99. The molecule has 0 saturated carbocycles. The molecule has 1 aliphatic rings. The summed E-state index contributed by atoms with van der Waals surface area (Å²) in [5.41, 5.74) is 6.84. The summed E-state index contributed by atoms with van der Waals surface area (Å²) >= 11 is 0. The van der Waals surface area contributed by atoms with Crippen LogP contribution in [0.2, 0.25) is 0 Å². The van der Waals surface area contributed by atoms with Crippen LogP contribution in [0, 0.1) is 6.92 Å². The largest absolute Gasteiger partial charge is 0.493 e. The molecule has 1 unspecified atom stereocenters. The Kier molecular flexibility index (Phi) is 2.59. The van der Waals surface area contributed by atoms with Gasteiger partial charge in [0.25, 0.3) is 0 Å². The number of nitrogens with zero attached hydrogens (tertiary/aromatic N) is 3. The normalized spacial score (nSPS) is 17.9. The Morgan fingerprint density at radius 3 is 2.89 bits per heavy atom. The van der Waals surface area contributed by atoms with E-state index < -0.39 is 0 Å². The predicted octanol–water partition coefficient (Wildman–Crippen LogP) is 1.48. The van der Waals surface area contributed by atoms with Crippen molar-refractivity contribution in [2.45, 2.75) is 19.3 Å². The number of hydrogen-bond donors (Lipinski definition) is 1. The molecule has 5 heteroatoms. The van der Waals surface area contributed by atoms with E-state index in [0.717, 1.165) is 18.0 Å². The van der Waals surface area contributed by atoms with Gasteiger partial charge in [0, 0.05) is 0 Å². The van der Waals surface area contributed by atoms with Crippen LogP contribution in [-0.4, -0.2) is 21.6 Å². The average molecular weight is 242 g/mol. The van der Waals surface area contributed by atoms with E-state index in [-0.39, 0.29) is 11.9 Å². The van der Waals surface area contributed by atoms with Gasteiger partial charge in [-0.25, -0.2) is 4.98 Å². The zero-order valence-corrected chi connectivity index (χ0v) is 10.1. The van der Waals surface area contributed by atoms with Crippen LogP contribution in [-0.2, 0) is 6.42 Å². The molecule has 0 spiro atoms. The molecule has 2 N–H and O–H groups in total. The molecule has 1 atom stereocenters. The van der Waals surface area contributed by atoms with Crippen molar-refractivity contribution in [2.75, 3.05) is 12.3 Å². The van der Waals surface area contributed by atoms with Crippen molar-refractivity contribution in [3.8, 4) is 5.75 Å². The number of benzene rings is 1. The van der Waals surface area contributed by atoms with Crippen LogP contribution in [0.4, 0.5) is 5.95 Å². The lowest BCUT2D eigenvalue weighted by Crippen LogP contribution is -2.22. The van der Waals surface area contributed by atoms with Gasteiger partial charge in [0.05, 0.1) is 12.5 Å². The first-order valence-corrected chi connectivity index (χ1v) is 5.91. The quantitative estimate of drug-likeness (QED) is 0.819. The third-order valence-electron chi connectivity index (χ3n) is 3.03. The van der Waals surface area contributed by atoms with Crippen LogP contribution in [0.5, 0.6) is 5.75 Å². The molecule has 3 rings (SSSR count). The molecular weight excluding hydrogens is 228 g/mol. The summed E-state index contributed by atoms with van der Waals surface area (Å²) < 4.78 is 5.73. The maximum Gasteiger partial charge on any atom is 0.223 e. The Morgan fingerprint density at radius 1 is 1.22 bits per heavy atom. The smallest absolute Gasteiger partial charge is 0.223 e. The zero-order valence-electron chi connectivity index (χ0n) is 10.1. The summed E-state index contributed by atoms with van der Waals surface area (Å²) in [6, 6.07) is 8.04. The minimum absolute atomic E-state index is 0.142. The second-order valence-electron chi connectivity index (χ2n) is 4.42. The van der Waals surface area contributed by atoms with Crippen LogP contribution in [0.1, 0.15) is 23.1 Å². The van der Waals surface area contributed by atoms with Gasteiger partial charge in [0.1, 0.15) is 17.4 Å². The van der Waals surface area contributed by atoms with Gasteiger partial charge >= 0.3 is 0 Å². The van der Waals surface area contributed by atoms with Crippen molar-refractivity contribution < 1.29 is 4.74 Å². The number of rotatable bonds is 1. The monoisotopic (exact) mass is 242 g/mol.